The fraction of sp³-hybridized carbons (Fsp3) is 0.300. The molecule has 3 aromatic rings. The summed E-state index contributed by atoms with van der Waals surface area (Å²) in [6.45, 7) is 2.08. The summed E-state index contributed by atoms with van der Waals surface area (Å²) in [6.07, 6.45) is 3.36. The van der Waals surface area contributed by atoms with Crippen molar-refractivity contribution in [3.63, 3.8) is 0 Å². The molecule has 4 rings (SSSR count). The SMILES string of the molecule is O=C(NCc1ccc(C(=O)N2CCCCC2)cc1)c1ccc2n[nH]nc2c1. The maximum absolute atomic E-state index is 12.5. The molecular weight excluding hydrogens is 342 g/mol. The highest BCUT2D eigenvalue weighted by Gasteiger charge is 2.17. The average molecular weight is 363 g/mol. The molecule has 2 N–H and O–H groups in total. The van der Waals surface area contributed by atoms with E-state index in [1.165, 1.54) is 6.42 Å². The summed E-state index contributed by atoms with van der Waals surface area (Å²) in [5, 5.41) is 13.4. The molecule has 0 atom stereocenters. The molecule has 0 spiro atoms. The number of amides is 2. The van der Waals surface area contributed by atoms with Gasteiger partial charge < -0.3 is 10.2 Å². The zero-order chi connectivity index (χ0) is 18.6. The number of aromatic nitrogens is 3. The van der Waals surface area contributed by atoms with Crippen LogP contribution in [0.25, 0.3) is 11.0 Å². The van der Waals surface area contributed by atoms with E-state index in [1.54, 1.807) is 18.2 Å². The molecule has 2 aromatic carbocycles. The molecule has 0 saturated carbocycles. The molecular formula is C20H21N5O2. The van der Waals surface area contributed by atoms with Gasteiger partial charge in [0.25, 0.3) is 11.8 Å². The molecule has 1 saturated heterocycles. The number of nitrogens with zero attached hydrogens (tertiary/aromatic N) is 3. The molecule has 1 aliphatic rings. The van der Waals surface area contributed by atoms with Crippen molar-refractivity contribution < 1.29 is 9.59 Å². The van der Waals surface area contributed by atoms with Gasteiger partial charge in [-0.25, -0.2) is 0 Å². The molecule has 7 nitrogen and oxygen atoms in total. The van der Waals surface area contributed by atoms with Crippen molar-refractivity contribution in [3.8, 4) is 0 Å². The Hall–Kier alpha value is -3.22. The van der Waals surface area contributed by atoms with Crippen molar-refractivity contribution >= 4 is 22.8 Å². The standard InChI is InChI=1S/C20H21N5O2/c26-19(16-8-9-17-18(12-16)23-24-22-17)21-13-14-4-6-15(7-5-14)20(27)25-10-2-1-3-11-25/h4-9,12H,1-3,10-11,13H2,(H,21,26)(H,22,23,24). The van der Waals surface area contributed by atoms with E-state index < -0.39 is 0 Å². The molecule has 138 valence electrons. The summed E-state index contributed by atoms with van der Waals surface area (Å²) in [7, 11) is 0. The quantitative estimate of drug-likeness (QED) is 0.745. The minimum atomic E-state index is -0.173. The number of fused-ring (bicyclic) bond motifs is 1. The van der Waals surface area contributed by atoms with Crippen LogP contribution in [0.4, 0.5) is 0 Å². The lowest BCUT2D eigenvalue weighted by Crippen LogP contribution is -2.35. The maximum atomic E-state index is 12.5. The number of likely N-dealkylation sites (tertiary alicyclic amines) is 1. The molecule has 1 fully saturated rings. The minimum Gasteiger partial charge on any atom is -0.348 e. The van der Waals surface area contributed by atoms with Crippen molar-refractivity contribution in [2.75, 3.05) is 13.1 Å². The van der Waals surface area contributed by atoms with Gasteiger partial charge in [0, 0.05) is 30.8 Å². The second kappa shape index (κ2) is 7.57. The van der Waals surface area contributed by atoms with E-state index in [-0.39, 0.29) is 11.8 Å². The van der Waals surface area contributed by atoms with E-state index in [0.29, 0.717) is 23.2 Å². The highest BCUT2D eigenvalue weighted by molar-refractivity contribution is 5.97. The Morgan fingerprint density at radius 3 is 2.41 bits per heavy atom. The van der Waals surface area contributed by atoms with Crippen LogP contribution in [0.3, 0.4) is 0 Å². The van der Waals surface area contributed by atoms with Gasteiger partial charge in [-0.15, -0.1) is 0 Å². The Kier molecular flexibility index (Phi) is 4.82. The average Bonchev–Trinajstić information content (AvgIpc) is 3.20. The molecule has 1 aromatic heterocycles. The molecule has 0 bridgehead atoms. The van der Waals surface area contributed by atoms with Crippen LogP contribution in [0, 0.1) is 0 Å². The molecule has 1 aliphatic heterocycles. The van der Waals surface area contributed by atoms with Gasteiger partial charge in [-0.05, 0) is 55.2 Å². The number of H-pyrrole nitrogens is 1. The lowest BCUT2D eigenvalue weighted by Gasteiger charge is -2.26. The van der Waals surface area contributed by atoms with Gasteiger partial charge >= 0.3 is 0 Å². The predicted molar refractivity (Wildman–Crippen MR) is 101 cm³/mol. The Labute approximate surface area is 156 Å². The summed E-state index contributed by atoms with van der Waals surface area (Å²) in [5.74, 6) is -0.0837. The van der Waals surface area contributed by atoms with E-state index in [9.17, 15) is 9.59 Å². The van der Waals surface area contributed by atoms with Crippen molar-refractivity contribution in [3.05, 3.63) is 59.2 Å². The Morgan fingerprint density at radius 2 is 1.63 bits per heavy atom. The third kappa shape index (κ3) is 3.81. The van der Waals surface area contributed by atoms with Crippen LogP contribution >= 0.6 is 0 Å². The monoisotopic (exact) mass is 363 g/mol. The zero-order valence-corrected chi connectivity index (χ0v) is 14.9. The van der Waals surface area contributed by atoms with Crippen molar-refractivity contribution in [1.29, 1.82) is 0 Å². The summed E-state index contributed by atoms with van der Waals surface area (Å²) in [4.78, 5) is 26.7. The topological polar surface area (TPSA) is 91.0 Å². The Balaban J connectivity index is 1.36. The van der Waals surface area contributed by atoms with Crippen LogP contribution in [0.15, 0.2) is 42.5 Å². The predicted octanol–water partition coefficient (Wildman–Crippen LogP) is 2.51. The van der Waals surface area contributed by atoms with E-state index in [1.807, 2.05) is 29.2 Å². The number of aromatic amines is 1. The zero-order valence-electron chi connectivity index (χ0n) is 14.9. The van der Waals surface area contributed by atoms with Crippen molar-refractivity contribution in [2.24, 2.45) is 0 Å². The van der Waals surface area contributed by atoms with Crippen molar-refractivity contribution in [1.82, 2.24) is 25.6 Å². The Bertz CT molecular complexity index is 958. The summed E-state index contributed by atoms with van der Waals surface area (Å²) < 4.78 is 0. The highest BCUT2D eigenvalue weighted by atomic mass is 16.2. The molecule has 2 amide bonds. The number of hydrogen-bond donors (Lipinski definition) is 2. The van der Waals surface area contributed by atoms with Gasteiger partial charge in [-0.2, -0.15) is 15.4 Å². The van der Waals surface area contributed by atoms with E-state index in [2.05, 4.69) is 20.7 Å². The lowest BCUT2D eigenvalue weighted by atomic mass is 10.1. The van der Waals surface area contributed by atoms with E-state index in [0.717, 1.165) is 37.0 Å². The number of rotatable bonds is 4. The first-order valence-corrected chi connectivity index (χ1v) is 9.18. The third-order valence-electron chi connectivity index (χ3n) is 4.88. The smallest absolute Gasteiger partial charge is 0.253 e. The Morgan fingerprint density at radius 1 is 0.926 bits per heavy atom. The van der Waals surface area contributed by atoms with Crippen molar-refractivity contribution in [2.45, 2.75) is 25.8 Å². The first-order chi connectivity index (χ1) is 13.2. The lowest BCUT2D eigenvalue weighted by molar-refractivity contribution is 0.0724. The van der Waals surface area contributed by atoms with Gasteiger partial charge in [0.1, 0.15) is 11.0 Å². The van der Waals surface area contributed by atoms with Crippen LogP contribution in [0.2, 0.25) is 0 Å². The molecule has 27 heavy (non-hydrogen) atoms. The van der Waals surface area contributed by atoms with Gasteiger partial charge in [-0.3, -0.25) is 9.59 Å². The fourth-order valence-electron chi connectivity index (χ4n) is 3.31. The van der Waals surface area contributed by atoms with E-state index >= 15 is 0 Å². The number of benzene rings is 2. The maximum Gasteiger partial charge on any atom is 0.253 e. The van der Waals surface area contributed by atoms with Crippen LogP contribution in [0.1, 0.15) is 45.5 Å². The number of piperidine rings is 1. The van der Waals surface area contributed by atoms with Gasteiger partial charge in [0.15, 0.2) is 0 Å². The number of hydrogen-bond acceptors (Lipinski definition) is 4. The third-order valence-corrected chi connectivity index (χ3v) is 4.88. The van der Waals surface area contributed by atoms with Gasteiger partial charge in [0.05, 0.1) is 0 Å². The minimum absolute atomic E-state index is 0.0891. The molecule has 0 aliphatic carbocycles. The van der Waals surface area contributed by atoms with Gasteiger partial charge in [-0.1, -0.05) is 12.1 Å². The van der Waals surface area contributed by atoms with Crippen LogP contribution < -0.4 is 5.32 Å². The van der Waals surface area contributed by atoms with E-state index in [4.69, 9.17) is 0 Å². The summed E-state index contributed by atoms with van der Waals surface area (Å²) in [5.41, 5.74) is 3.56. The first kappa shape index (κ1) is 17.2. The summed E-state index contributed by atoms with van der Waals surface area (Å²) in [6, 6.07) is 12.6. The second-order valence-electron chi connectivity index (χ2n) is 6.76. The highest BCUT2D eigenvalue weighted by Crippen LogP contribution is 2.14. The molecule has 2 heterocycles. The fourth-order valence-corrected chi connectivity index (χ4v) is 3.31. The second-order valence-corrected chi connectivity index (χ2v) is 6.76. The number of nitrogens with one attached hydrogen (secondary N) is 2. The normalized spacial score (nSPS) is 14.3. The van der Waals surface area contributed by atoms with Crippen LogP contribution in [-0.4, -0.2) is 45.2 Å². The number of carbonyl (C=O) groups is 2. The first-order valence-electron chi connectivity index (χ1n) is 9.18. The molecule has 0 unspecified atom stereocenters. The molecule has 0 radical (unpaired) electrons. The van der Waals surface area contributed by atoms with Crippen LogP contribution in [-0.2, 0) is 6.54 Å². The molecule has 7 heteroatoms. The van der Waals surface area contributed by atoms with Gasteiger partial charge in [0.2, 0.25) is 0 Å². The van der Waals surface area contributed by atoms with Crippen LogP contribution in [0.5, 0.6) is 0 Å². The number of carbonyl (C=O) groups excluding carboxylic acids is 2. The largest absolute Gasteiger partial charge is 0.348 e. The summed E-state index contributed by atoms with van der Waals surface area (Å²) >= 11 is 0.